The molecule has 0 heterocycles. The van der Waals surface area contributed by atoms with Crippen molar-refractivity contribution >= 4 is 17.4 Å². The van der Waals surface area contributed by atoms with Crippen molar-refractivity contribution in [1.82, 2.24) is 0 Å². The second-order valence-electron chi connectivity index (χ2n) is 7.57. The standard InChI is InChI=1S/C29H25N3O2/c1-20(21-12-14-23(15-13-21)22-8-4-3-5-9-22)31-29(24-16-18-25(34-2)19-17-24)32-28(30)26-10-6-7-11-27(26)33/h3-19,33H,1H2,2H3,(H2,30,31,32). The first kappa shape index (κ1) is 22.6. The van der Waals surface area contributed by atoms with Gasteiger partial charge in [0.25, 0.3) is 0 Å². The highest BCUT2D eigenvalue weighted by Crippen LogP contribution is 2.24. The minimum Gasteiger partial charge on any atom is -0.507 e. The number of nitrogens with two attached hydrogens (primary N) is 1. The third kappa shape index (κ3) is 5.22. The van der Waals surface area contributed by atoms with Crippen molar-refractivity contribution in [2.24, 2.45) is 15.7 Å². The lowest BCUT2D eigenvalue weighted by Gasteiger charge is -2.09. The number of ether oxygens (including phenoxy) is 1. The van der Waals surface area contributed by atoms with Crippen LogP contribution in [0.2, 0.25) is 0 Å². The Labute approximate surface area is 199 Å². The number of hydrogen-bond donors (Lipinski definition) is 2. The Hall–Kier alpha value is -4.64. The summed E-state index contributed by atoms with van der Waals surface area (Å²) in [5, 5.41) is 10.2. The molecule has 0 atom stereocenters. The van der Waals surface area contributed by atoms with E-state index >= 15 is 0 Å². The van der Waals surface area contributed by atoms with Gasteiger partial charge < -0.3 is 15.6 Å². The molecule has 0 fully saturated rings. The van der Waals surface area contributed by atoms with E-state index in [2.05, 4.69) is 23.7 Å². The van der Waals surface area contributed by atoms with Gasteiger partial charge in [-0.05, 0) is 53.1 Å². The molecule has 0 spiro atoms. The van der Waals surface area contributed by atoms with Crippen LogP contribution in [0.4, 0.5) is 0 Å². The van der Waals surface area contributed by atoms with Gasteiger partial charge in [-0.2, -0.15) is 0 Å². The summed E-state index contributed by atoms with van der Waals surface area (Å²) in [6, 6.07) is 32.4. The van der Waals surface area contributed by atoms with E-state index in [-0.39, 0.29) is 11.6 Å². The molecule has 0 amide bonds. The number of rotatable bonds is 6. The monoisotopic (exact) mass is 447 g/mol. The number of amidine groups is 2. The third-order valence-electron chi connectivity index (χ3n) is 5.32. The lowest BCUT2D eigenvalue weighted by atomic mass is 10.0. The maximum Gasteiger partial charge on any atom is 0.162 e. The molecule has 0 bridgehead atoms. The lowest BCUT2D eigenvalue weighted by Crippen LogP contribution is -2.16. The maximum absolute atomic E-state index is 10.2. The number of nitrogens with zero attached hydrogens (tertiary/aromatic N) is 2. The Morgan fingerprint density at radius 3 is 1.97 bits per heavy atom. The Kier molecular flexibility index (Phi) is 6.84. The lowest BCUT2D eigenvalue weighted by molar-refractivity contribution is 0.415. The van der Waals surface area contributed by atoms with Gasteiger partial charge >= 0.3 is 0 Å². The molecule has 0 radical (unpaired) electrons. The Morgan fingerprint density at radius 2 is 1.32 bits per heavy atom. The Balaban J connectivity index is 1.70. The van der Waals surface area contributed by atoms with E-state index in [9.17, 15) is 5.11 Å². The van der Waals surface area contributed by atoms with Crippen LogP contribution in [0.25, 0.3) is 16.8 Å². The number of phenols is 1. The molecule has 0 aromatic heterocycles. The van der Waals surface area contributed by atoms with Crippen LogP contribution >= 0.6 is 0 Å². The molecule has 34 heavy (non-hydrogen) atoms. The predicted molar refractivity (Wildman–Crippen MR) is 139 cm³/mol. The topological polar surface area (TPSA) is 80.2 Å². The number of para-hydroxylation sites is 1. The highest BCUT2D eigenvalue weighted by Gasteiger charge is 2.10. The SMILES string of the molecule is C=C(/N=C(\N=C(/N)c1ccccc1O)c1ccc(OC)cc1)c1ccc(-c2ccccc2)cc1. The summed E-state index contributed by atoms with van der Waals surface area (Å²) in [7, 11) is 1.61. The minimum absolute atomic E-state index is 0.0492. The quantitative estimate of drug-likeness (QED) is 0.286. The van der Waals surface area contributed by atoms with Crippen LogP contribution < -0.4 is 10.5 Å². The van der Waals surface area contributed by atoms with Crippen molar-refractivity contribution < 1.29 is 9.84 Å². The van der Waals surface area contributed by atoms with Gasteiger partial charge in [-0.25, -0.2) is 9.98 Å². The van der Waals surface area contributed by atoms with Gasteiger partial charge in [0.15, 0.2) is 5.84 Å². The first-order valence-corrected chi connectivity index (χ1v) is 10.8. The summed E-state index contributed by atoms with van der Waals surface area (Å²) in [5.74, 6) is 1.30. The largest absolute Gasteiger partial charge is 0.507 e. The fourth-order valence-corrected chi connectivity index (χ4v) is 3.44. The van der Waals surface area contributed by atoms with Crippen molar-refractivity contribution in [3.05, 3.63) is 126 Å². The minimum atomic E-state index is 0.0492. The normalized spacial score (nSPS) is 11.8. The molecule has 4 aromatic carbocycles. The molecule has 4 aromatic rings. The van der Waals surface area contributed by atoms with E-state index in [0.717, 1.165) is 28.0 Å². The van der Waals surface area contributed by atoms with Gasteiger partial charge in [0.2, 0.25) is 0 Å². The zero-order valence-corrected chi connectivity index (χ0v) is 18.8. The second kappa shape index (κ2) is 10.3. The van der Waals surface area contributed by atoms with Crippen LogP contribution in [-0.2, 0) is 0 Å². The molecule has 5 heteroatoms. The van der Waals surface area contributed by atoms with Crippen LogP contribution in [0, 0.1) is 0 Å². The number of hydrogen-bond acceptors (Lipinski definition) is 3. The summed E-state index contributed by atoms with van der Waals surface area (Å²) in [6.45, 7) is 4.15. The van der Waals surface area contributed by atoms with Gasteiger partial charge in [-0.3, -0.25) is 0 Å². The average molecular weight is 448 g/mol. The third-order valence-corrected chi connectivity index (χ3v) is 5.32. The molecule has 4 rings (SSSR count). The number of phenolic OH excluding ortho intramolecular Hbond substituents is 1. The van der Waals surface area contributed by atoms with E-state index in [1.807, 2.05) is 66.7 Å². The summed E-state index contributed by atoms with van der Waals surface area (Å²) < 4.78 is 5.26. The number of methoxy groups -OCH3 is 1. The van der Waals surface area contributed by atoms with Crippen molar-refractivity contribution in [1.29, 1.82) is 0 Å². The van der Waals surface area contributed by atoms with Crippen LogP contribution in [0.1, 0.15) is 16.7 Å². The smallest absolute Gasteiger partial charge is 0.162 e. The predicted octanol–water partition coefficient (Wildman–Crippen LogP) is 5.89. The van der Waals surface area contributed by atoms with Gasteiger partial charge in [0, 0.05) is 5.56 Å². The zero-order valence-electron chi connectivity index (χ0n) is 18.8. The molecular weight excluding hydrogens is 422 g/mol. The Bertz CT molecular complexity index is 1340. The molecule has 5 nitrogen and oxygen atoms in total. The summed E-state index contributed by atoms with van der Waals surface area (Å²) in [6.07, 6.45) is 0. The van der Waals surface area contributed by atoms with Crippen LogP contribution in [0.5, 0.6) is 11.5 Å². The summed E-state index contributed by atoms with van der Waals surface area (Å²) in [5.41, 5.74) is 11.1. The number of aliphatic imine (C=N–C) groups is 2. The fraction of sp³-hybridized carbons (Fsp3) is 0.0345. The zero-order chi connectivity index (χ0) is 23.9. The van der Waals surface area contributed by atoms with Crippen LogP contribution in [0.15, 0.2) is 120 Å². The van der Waals surface area contributed by atoms with E-state index in [0.29, 0.717) is 17.1 Å². The highest BCUT2D eigenvalue weighted by atomic mass is 16.5. The van der Waals surface area contributed by atoms with Crippen LogP contribution in [0.3, 0.4) is 0 Å². The molecule has 0 unspecified atom stereocenters. The van der Waals surface area contributed by atoms with Crippen molar-refractivity contribution in [3.8, 4) is 22.6 Å². The maximum atomic E-state index is 10.2. The Morgan fingerprint density at radius 1 is 0.735 bits per heavy atom. The molecule has 0 saturated carbocycles. The first-order valence-electron chi connectivity index (χ1n) is 10.8. The average Bonchev–Trinajstić information content (AvgIpc) is 2.89. The van der Waals surface area contributed by atoms with Gasteiger partial charge in [-0.15, -0.1) is 0 Å². The van der Waals surface area contributed by atoms with Gasteiger partial charge in [0.1, 0.15) is 17.3 Å². The van der Waals surface area contributed by atoms with Crippen molar-refractivity contribution in [2.45, 2.75) is 0 Å². The molecular formula is C29H25N3O2. The van der Waals surface area contributed by atoms with E-state index in [4.69, 9.17) is 15.5 Å². The molecule has 0 aliphatic carbocycles. The van der Waals surface area contributed by atoms with Gasteiger partial charge in [-0.1, -0.05) is 73.3 Å². The number of aromatic hydroxyl groups is 1. The van der Waals surface area contributed by atoms with Crippen molar-refractivity contribution in [3.63, 3.8) is 0 Å². The summed E-state index contributed by atoms with van der Waals surface area (Å²) in [4.78, 5) is 9.25. The van der Waals surface area contributed by atoms with Gasteiger partial charge in [0.05, 0.1) is 18.4 Å². The molecule has 3 N–H and O–H groups in total. The van der Waals surface area contributed by atoms with Crippen molar-refractivity contribution in [2.75, 3.05) is 7.11 Å². The summed E-state index contributed by atoms with van der Waals surface area (Å²) >= 11 is 0. The molecule has 168 valence electrons. The first-order chi connectivity index (χ1) is 16.5. The second-order valence-corrected chi connectivity index (χ2v) is 7.57. The fourth-order valence-electron chi connectivity index (χ4n) is 3.44. The van der Waals surface area contributed by atoms with Crippen LogP contribution in [-0.4, -0.2) is 23.9 Å². The highest BCUT2D eigenvalue weighted by molar-refractivity contribution is 6.13. The molecule has 0 aliphatic heterocycles. The molecule has 0 saturated heterocycles. The van der Waals surface area contributed by atoms with E-state index in [1.54, 1.807) is 31.4 Å². The van der Waals surface area contributed by atoms with E-state index in [1.165, 1.54) is 0 Å². The molecule has 0 aliphatic rings. The number of benzene rings is 4. The van der Waals surface area contributed by atoms with E-state index < -0.39 is 0 Å².